The Balaban J connectivity index is 1.39. The number of urea groups is 1. The van der Waals surface area contributed by atoms with Crippen molar-refractivity contribution in [3.63, 3.8) is 0 Å². The summed E-state index contributed by atoms with van der Waals surface area (Å²) in [6, 6.07) is 21.6. The summed E-state index contributed by atoms with van der Waals surface area (Å²) >= 11 is 0. The first kappa shape index (κ1) is 35.2. The maximum absolute atomic E-state index is 13.2. The molecule has 4 amide bonds. The molecule has 0 bridgehead atoms. The molecule has 1 atom stereocenters. The third-order valence-corrected chi connectivity index (χ3v) is 7.78. The summed E-state index contributed by atoms with van der Waals surface area (Å²) < 4.78 is 5.35. The molecule has 0 saturated carbocycles. The van der Waals surface area contributed by atoms with Gasteiger partial charge < -0.3 is 35.4 Å². The van der Waals surface area contributed by atoms with Crippen molar-refractivity contribution in [3.05, 3.63) is 83.9 Å². The minimum atomic E-state index is -0.653. The molecule has 1 fully saturated rings. The number of nitrogens with zero attached hydrogens (tertiary/aromatic N) is 3. The minimum absolute atomic E-state index is 0.254. The van der Waals surface area contributed by atoms with E-state index in [-0.39, 0.29) is 18.0 Å². The van der Waals surface area contributed by atoms with Crippen LogP contribution in [0, 0.1) is 0 Å². The van der Waals surface area contributed by atoms with Crippen LogP contribution in [0.25, 0.3) is 0 Å². The number of rotatable bonds is 11. The van der Waals surface area contributed by atoms with E-state index in [4.69, 9.17) is 4.74 Å². The van der Waals surface area contributed by atoms with Crippen LogP contribution in [0.5, 0.6) is 0 Å². The maximum Gasteiger partial charge on any atom is 0.412 e. The zero-order valence-electron chi connectivity index (χ0n) is 28.4. The van der Waals surface area contributed by atoms with E-state index in [1.165, 1.54) is 0 Å². The molecule has 1 saturated heterocycles. The summed E-state index contributed by atoms with van der Waals surface area (Å²) in [5.74, 6) is -0.329. The minimum Gasteiger partial charge on any atom is -0.444 e. The van der Waals surface area contributed by atoms with Gasteiger partial charge in [0.25, 0.3) is 5.91 Å². The molecule has 4 rings (SSSR count). The number of likely N-dealkylation sites (N-methyl/N-ethyl adjacent to an activating group) is 1. The van der Waals surface area contributed by atoms with Crippen LogP contribution in [0.15, 0.2) is 72.8 Å². The molecule has 3 aromatic carbocycles. The van der Waals surface area contributed by atoms with Crippen molar-refractivity contribution in [1.82, 2.24) is 15.1 Å². The number of hydrogen-bond acceptors (Lipinski definition) is 7. The first-order chi connectivity index (χ1) is 22.4. The van der Waals surface area contributed by atoms with Crippen molar-refractivity contribution in [2.75, 3.05) is 74.7 Å². The zero-order valence-corrected chi connectivity index (χ0v) is 28.4. The van der Waals surface area contributed by atoms with Gasteiger partial charge in [-0.3, -0.25) is 10.1 Å². The van der Waals surface area contributed by atoms with Gasteiger partial charge in [0, 0.05) is 43.1 Å². The lowest BCUT2D eigenvalue weighted by molar-refractivity contribution is 0.0635. The molecule has 11 heteroatoms. The Bertz CT molecular complexity index is 1480. The summed E-state index contributed by atoms with van der Waals surface area (Å²) in [6.45, 7) is 10.3. The molecule has 1 aliphatic rings. The molecule has 252 valence electrons. The van der Waals surface area contributed by atoms with Gasteiger partial charge in [0.05, 0.1) is 17.4 Å². The fourth-order valence-corrected chi connectivity index (χ4v) is 5.26. The first-order valence-corrected chi connectivity index (χ1v) is 16.1. The third-order valence-electron chi connectivity index (χ3n) is 7.78. The van der Waals surface area contributed by atoms with Crippen LogP contribution in [0.4, 0.5) is 32.3 Å². The van der Waals surface area contributed by atoms with Crippen LogP contribution >= 0.6 is 0 Å². The highest BCUT2D eigenvalue weighted by atomic mass is 16.6. The summed E-state index contributed by atoms with van der Waals surface area (Å²) in [4.78, 5) is 45.4. The lowest BCUT2D eigenvalue weighted by Gasteiger charge is -2.34. The normalized spacial score (nSPS) is 14.3. The highest BCUT2D eigenvalue weighted by Gasteiger charge is 2.20. The Morgan fingerprint density at radius 3 is 2.04 bits per heavy atom. The molecule has 0 radical (unpaired) electrons. The van der Waals surface area contributed by atoms with Crippen LogP contribution in [-0.2, 0) is 4.74 Å². The highest BCUT2D eigenvalue weighted by molar-refractivity contribution is 6.07. The van der Waals surface area contributed by atoms with Gasteiger partial charge in [-0.2, -0.15) is 0 Å². The monoisotopic (exact) mass is 643 g/mol. The van der Waals surface area contributed by atoms with Crippen LogP contribution in [0.2, 0.25) is 0 Å². The van der Waals surface area contributed by atoms with E-state index in [9.17, 15) is 14.4 Å². The van der Waals surface area contributed by atoms with E-state index in [0.717, 1.165) is 62.5 Å². The topological polar surface area (TPSA) is 118 Å². The lowest BCUT2D eigenvalue weighted by atomic mass is 10.00. The van der Waals surface area contributed by atoms with Crippen molar-refractivity contribution < 1.29 is 19.1 Å². The largest absolute Gasteiger partial charge is 0.444 e. The molecule has 1 heterocycles. The van der Waals surface area contributed by atoms with Gasteiger partial charge in [-0.25, -0.2) is 9.59 Å². The number of piperazine rings is 1. The smallest absolute Gasteiger partial charge is 0.412 e. The summed E-state index contributed by atoms with van der Waals surface area (Å²) in [7, 11) is 6.18. The van der Waals surface area contributed by atoms with Crippen molar-refractivity contribution in [2.24, 2.45) is 0 Å². The number of nitrogens with one attached hydrogen (secondary N) is 4. The van der Waals surface area contributed by atoms with Gasteiger partial charge in [-0.05, 0) is 115 Å². The molecular weight excluding hydrogens is 594 g/mol. The van der Waals surface area contributed by atoms with Crippen molar-refractivity contribution in [1.29, 1.82) is 0 Å². The van der Waals surface area contributed by atoms with Gasteiger partial charge in [0.15, 0.2) is 0 Å². The SMILES string of the molecule is CN(C)CCCC(NC(=O)Nc1ccc(N2CCN(C)CC2)cc1)c1ccc(C(=O)Nc2ccccc2NC(=O)OC(C)(C)C)cc1. The first-order valence-electron chi connectivity index (χ1n) is 16.1. The Labute approximate surface area is 278 Å². The lowest BCUT2D eigenvalue weighted by Crippen LogP contribution is -2.44. The quantitative estimate of drug-likeness (QED) is 0.195. The van der Waals surface area contributed by atoms with Gasteiger partial charge in [-0.15, -0.1) is 0 Å². The summed E-state index contributed by atoms with van der Waals surface area (Å²) in [5.41, 5.74) is 3.44. The molecule has 11 nitrogen and oxygen atoms in total. The third kappa shape index (κ3) is 11.3. The van der Waals surface area contributed by atoms with Crippen LogP contribution < -0.4 is 26.2 Å². The average Bonchev–Trinajstić information content (AvgIpc) is 3.01. The predicted octanol–water partition coefficient (Wildman–Crippen LogP) is 6.24. The molecule has 0 spiro atoms. The number of hydrogen-bond donors (Lipinski definition) is 4. The molecule has 1 unspecified atom stereocenters. The Morgan fingerprint density at radius 2 is 1.45 bits per heavy atom. The molecular formula is C36H49N7O4. The van der Waals surface area contributed by atoms with Gasteiger partial charge in [-0.1, -0.05) is 24.3 Å². The van der Waals surface area contributed by atoms with Crippen LogP contribution in [0.1, 0.15) is 55.6 Å². The second-order valence-corrected chi connectivity index (χ2v) is 13.2. The Hall–Kier alpha value is -4.61. The highest BCUT2D eigenvalue weighted by Crippen LogP contribution is 2.25. The second-order valence-electron chi connectivity index (χ2n) is 13.2. The van der Waals surface area contributed by atoms with E-state index < -0.39 is 11.7 Å². The molecule has 3 aromatic rings. The van der Waals surface area contributed by atoms with Gasteiger partial charge >= 0.3 is 12.1 Å². The number of carbonyl (C=O) groups excluding carboxylic acids is 3. The zero-order chi connectivity index (χ0) is 34.0. The van der Waals surface area contributed by atoms with E-state index >= 15 is 0 Å². The Kier molecular flexibility index (Phi) is 12.2. The summed E-state index contributed by atoms with van der Waals surface area (Å²) in [6.07, 6.45) is 0.993. The number of benzene rings is 3. The summed E-state index contributed by atoms with van der Waals surface area (Å²) in [5, 5.41) is 11.7. The van der Waals surface area contributed by atoms with E-state index in [1.54, 1.807) is 57.2 Å². The van der Waals surface area contributed by atoms with Crippen molar-refractivity contribution in [2.45, 2.75) is 45.3 Å². The fraction of sp³-hybridized carbons (Fsp3) is 0.417. The number of carbonyl (C=O) groups is 3. The maximum atomic E-state index is 13.2. The molecule has 1 aliphatic heterocycles. The molecule has 0 aliphatic carbocycles. The number of anilines is 4. The van der Waals surface area contributed by atoms with E-state index in [0.29, 0.717) is 16.9 Å². The molecule has 4 N–H and O–H groups in total. The standard InChI is InChI=1S/C36H49N7O4/c1-36(2,3)47-35(46)40-32-11-8-7-10-31(32)38-33(44)27-15-13-26(14-16-27)30(12-9-21-41(4)5)39-34(45)37-28-17-19-29(20-18-28)43-24-22-42(6)23-25-43/h7-8,10-11,13-20,30H,9,12,21-25H2,1-6H3,(H,38,44)(H,40,46)(H2,37,39,45). The molecule has 47 heavy (non-hydrogen) atoms. The van der Waals surface area contributed by atoms with Gasteiger partial charge in [0.1, 0.15) is 5.60 Å². The van der Waals surface area contributed by atoms with Gasteiger partial charge in [0.2, 0.25) is 0 Å². The molecule has 0 aromatic heterocycles. The number of amides is 4. The number of para-hydroxylation sites is 2. The average molecular weight is 644 g/mol. The van der Waals surface area contributed by atoms with Crippen LogP contribution in [-0.4, -0.2) is 87.3 Å². The Morgan fingerprint density at radius 1 is 0.830 bits per heavy atom. The number of ether oxygens (including phenoxy) is 1. The fourth-order valence-electron chi connectivity index (χ4n) is 5.26. The van der Waals surface area contributed by atoms with Crippen molar-refractivity contribution >= 4 is 40.8 Å². The van der Waals surface area contributed by atoms with Crippen molar-refractivity contribution in [3.8, 4) is 0 Å². The predicted molar refractivity (Wildman–Crippen MR) is 190 cm³/mol. The van der Waals surface area contributed by atoms with Crippen LogP contribution in [0.3, 0.4) is 0 Å². The second kappa shape index (κ2) is 16.3. The van der Waals surface area contributed by atoms with E-state index in [1.807, 2.05) is 50.5 Å². The van der Waals surface area contributed by atoms with E-state index in [2.05, 4.69) is 43.0 Å².